The number of alkyl halides is 3. The molecule has 1 aromatic rings. The fourth-order valence-electron chi connectivity index (χ4n) is 0.803. The SMILES string of the molecule is Fc1c(CCl)cnc(Br)c1C(F)F. The van der Waals surface area contributed by atoms with E-state index in [-0.39, 0.29) is 16.0 Å². The van der Waals surface area contributed by atoms with Gasteiger partial charge >= 0.3 is 0 Å². The van der Waals surface area contributed by atoms with Gasteiger partial charge in [-0.05, 0) is 15.9 Å². The quantitative estimate of drug-likeness (QED) is 0.592. The molecular weight excluding hydrogens is 270 g/mol. The van der Waals surface area contributed by atoms with Crippen LogP contribution in [-0.4, -0.2) is 4.98 Å². The van der Waals surface area contributed by atoms with Crippen LogP contribution in [-0.2, 0) is 5.88 Å². The Morgan fingerprint density at radius 1 is 1.54 bits per heavy atom. The summed E-state index contributed by atoms with van der Waals surface area (Å²) >= 11 is 8.06. The molecule has 0 saturated carbocycles. The van der Waals surface area contributed by atoms with Crippen LogP contribution >= 0.6 is 27.5 Å². The summed E-state index contributed by atoms with van der Waals surface area (Å²) in [6.45, 7) is 0. The molecule has 1 rings (SSSR count). The van der Waals surface area contributed by atoms with Crippen LogP contribution in [0.5, 0.6) is 0 Å². The van der Waals surface area contributed by atoms with Crippen LogP contribution in [0.15, 0.2) is 10.8 Å². The molecule has 0 aliphatic carbocycles. The van der Waals surface area contributed by atoms with Crippen molar-refractivity contribution in [3.8, 4) is 0 Å². The van der Waals surface area contributed by atoms with E-state index in [9.17, 15) is 13.2 Å². The fraction of sp³-hybridized carbons (Fsp3) is 0.286. The van der Waals surface area contributed by atoms with Crippen LogP contribution < -0.4 is 0 Å². The molecule has 0 spiro atoms. The zero-order valence-electron chi connectivity index (χ0n) is 6.20. The van der Waals surface area contributed by atoms with Crippen molar-refractivity contribution in [1.82, 2.24) is 4.98 Å². The Balaban J connectivity index is 3.30. The van der Waals surface area contributed by atoms with Crippen molar-refractivity contribution in [1.29, 1.82) is 0 Å². The van der Waals surface area contributed by atoms with E-state index >= 15 is 0 Å². The number of aromatic nitrogens is 1. The molecule has 72 valence electrons. The molecule has 0 N–H and O–H groups in total. The van der Waals surface area contributed by atoms with Crippen LogP contribution in [0.2, 0.25) is 0 Å². The van der Waals surface area contributed by atoms with E-state index in [1.54, 1.807) is 0 Å². The van der Waals surface area contributed by atoms with Crippen LogP contribution in [0.25, 0.3) is 0 Å². The van der Waals surface area contributed by atoms with E-state index in [4.69, 9.17) is 11.6 Å². The summed E-state index contributed by atoms with van der Waals surface area (Å²) in [6.07, 6.45) is -1.77. The van der Waals surface area contributed by atoms with Gasteiger partial charge in [0, 0.05) is 11.8 Å². The second kappa shape index (κ2) is 4.28. The predicted octanol–water partition coefficient (Wildman–Crippen LogP) is 3.66. The summed E-state index contributed by atoms with van der Waals surface area (Å²) in [7, 11) is 0. The maximum Gasteiger partial charge on any atom is 0.269 e. The second-order valence-corrected chi connectivity index (χ2v) is 3.25. The maximum absolute atomic E-state index is 13.2. The summed E-state index contributed by atoms with van der Waals surface area (Å²) in [6, 6.07) is 0. The van der Waals surface area contributed by atoms with Gasteiger partial charge in [-0.3, -0.25) is 0 Å². The van der Waals surface area contributed by atoms with Crippen molar-refractivity contribution in [3.63, 3.8) is 0 Å². The average molecular weight is 274 g/mol. The van der Waals surface area contributed by atoms with Gasteiger partial charge in [0.1, 0.15) is 10.4 Å². The largest absolute Gasteiger partial charge is 0.269 e. The third-order valence-corrected chi connectivity index (χ3v) is 2.36. The van der Waals surface area contributed by atoms with Crippen molar-refractivity contribution in [2.45, 2.75) is 12.3 Å². The highest BCUT2D eigenvalue weighted by molar-refractivity contribution is 9.10. The van der Waals surface area contributed by atoms with Crippen molar-refractivity contribution in [2.75, 3.05) is 0 Å². The smallest absolute Gasteiger partial charge is 0.248 e. The summed E-state index contributed by atoms with van der Waals surface area (Å²) in [4.78, 5) is 3.54. The molecule has 13 heavy (non-hydrogen) atoms. The van der Waals surface area contributed by atoms with Crippen LogP contribution in [0.1, 0.15) is 17.6 Å². The fourth-order valence-corrected chi connectivity index (χ4v) is 1.44. The normalized spacial score (nSPS) is 10.9. The number of halogens is 5. The lowest BCUT2D eigenvalue weighted by Crippen LogP contribution is -1.99. The van der Waals surface area contributed by atoms with E-state index in [2.05, 4.69) is 20.9 Å². The van der Waals surface area contributed by atoms with Crippen molar-refractivity contribution >= 4 is 27.5 Å². The Hall–Kier alpha value is -0.290. The zero-order chi connectivity index (χ0) is 10.0. The van der Waals surface area contributed by atoms with E-state index in [1.807, 2.05) is 0 Å². The number of hydrogen-bond donors (Lipinski definition) is 0. The molecule has 0 unspecified atom stereocenters. The van der Waals surface area contributed by atoms with Crippen LogP contribution in [0.4, 0.5) is 13.2 Å². The first-order valence-corrected chi connectivity index (χ1v) is 4.57. The van der Waals surface area contributed by atoms with Crippen LogP contribution in [0, 0.1) is 5.82 Å². The van der Waals surface area contributed by atoms with E-state index in [1.165, 1.54) is 0 Å². The van der Waals surface area contributed by atoms with Gasteiger partial charge < -0.3 is 0 Å². The van der Waals surface area contributed by atoms with Gasteiger partial charge in [0.15, 0.2) is 0 Å². The third kappa shape index (κ3) is 2.14. The first-order valence-electron chi connectivity index (χ1n) is 3.24. The molecule has 0 bridgehead atoms. The van der Waals surface area contributed by atoms with E-state index in [0.717, 1.165) is 6.20 Å². The summed E-state index contributed by atoms with van der Waals surface area (Å²) < 4.78 is 37.5. The highest BCUT2D eigenvalue weighted by Gasteiger charge is 2.20. The molecule has 0 atom stereocenters. The molecular formula is C7H4BrClF3N. The lowest BCUT2D eigenvalue weighted by molar-refractivity contribution is 0.144. The van der Waals surface area contributed by atoms with E-state index < -0.39 is 17.8 Å². The Labute approximate surface area is 86.0 Å². The Bertz CT molecular complexity index is 319. The third-order valence-electron chi connectivity index (χ3n) is 1.44. The minimum atomic E-state index is -2.90. The highest BCUT2D eigenvalue weighted by Crippen LogP contribution is 2.30. The van der Waals surface area contributed by atoms with Crippen LogP contribution in [0.3, 0.4) is 0 Å². The zero-order valence-corrected chi connectivity index (χ0v) is 8.54. The topological polar surface area (TPSA) is 12.9 Å². The van der Waals surface area contributed by atoms with Gasteiger partial charge in [-0.25, -0.2) is 18.2 Å². The molecule has 1 nitrogen and oxygen atoms in total. The maximum atomic E-state index is 13.2. The number of pyridine rings is 1. The summed E-state index contributed by atoms with van der Waals surface area (Å²) in [5.74, 6) is -1.17. The Kier molecular flexibility index (Phi) is 3.55. The molecule has 0 aliphatic heterocycles. The number of rotatable bonds is 2. The molecule has 0 saturated heterocycles. The standard InChI is InChI=1S/C7H4BrClF3N/c8-6-4(7(11)12)5(10)3(1-9)2-13-6/h2,7H,1H2. The monoisotopic (exact) mass is 273 g/mol. The number of hydrogen-bond acceptors (Lipinski definition) is 1. The lowest BCUT2D eigenvalue weighted by Gasteiger charge is -2.06. The van der Waals surface area contributed by atoms with Gasteiger partial charge in [0.05, 0.1) is 11.4 Å². The Morgan fingerprint density at radius 2 is 2.15 bits per heavy atom. The highest BCUT2D eigenvalue weighted by atomic mass is 79.9. The molecule has 6 heteroatoms. The summed E-state index contributed by atoms with van der Waals surface area (Å²) in [5.41, 5.74) is -0.765. The van der Waals surface area contributed by atoms with Gasteiger partial charge in [-0.1, -0.05) is 0 Å². The van der Waals surface area contributed by atoms with E-state index in [0.29, 0.717) is 0 Å². The molecule has 0 aromatic carbocycles. The minimum absolute atomic E-state index is 0.0276. The number of nitrogens with zero attached hydrogens (tertiary/aromatic N) is 1. The van der Waals surface area contributed by atoms with Crippen molar-refractivity contribution in [3.05, 3.63) is 27.7 Å². The lowest BCUT2D eigenvalue weighted by atomic mass is 10.2. The van der Waals surface area contributed by atoms with Gasteiger partial charge in [0.25, 0.3) is 6.43 Å². The first-order chi connectivity index (χ1) is 6.07. The van der Waals surface area contributed by atoms with Gasteiger partial charge in [-0.15, -0.1) is 11.6 Å². The summed E-state index contributed by atoms with van der Waals surface area (Å²) in [5, 5.41) is 0. The second-order valence-electron chi connectivity index (χ2n) is 2.24. The van der Waals surface area contributed by atoms with Crippen molar-refractivity contribution < 1.29 is 13.2 Å². The van der Waals surface area contributed by atoms with Crippen molar-refractivity contribution in [2.24, 2.45) is 0 Å². The average Bonchev–Trinajstić information content (AvgIpc) is 2.04. The predicted molar refractivity (Wildman–Crippen MR) is 46.4 cm³/mol. The molecule has 0 radical (unpaired) electrons. The molecule has 0 fully saturated rings. The molecule has 1 heterocycles. The molecule has 0 aliphatic rings. The van der Waals surface area contributed by atoms with Gasteiger partial charge in [0.2, 0.25) is 0 Å². The first kappa shape index (κ1) is 10.8. The molecule has 0 amide bonds. The minimum Gasteiger partial charge on any atom is -0.248 e. The Morgan fingerprint density at radius 3 is 2.62 bits per heavy atom. The molecule has 1 aromatic heterocycles. The van der Waals surface area contributed by atoms with Gasteiger partial charge in [-0.2, -0.15) is 0 Å².